The molecule has 0 atom stereocenters. The summed E-state index contributed by atoms with van der Waals surface area (Å²) in [6.07, 6.45) is 1.14. The quantitative estimate of drug-likeness (QED) is 0.668. The molecule has 0 aliphatic heterocycles. The highest BCUT2D eigenvalue weighted by Crippen LogP contribution is 2.35. The molecule has 21 heavy (non-hydrogen) atoms. The Labute approximate surface area is 122 Å². The van der Waals surface area contributed by atoms with E-state index in [4.69, 9.17) is 0 Å². The zero-order valence-electron chi connectivity index (χ0n) is 10.3. The number of nitrogens with one attached hydrogen (secondary N) is 2. The lowest BCUT2D eigenvalue weighted by Crippen LogP contribution is -2.16. The van der Waals surface area contributed by atoms with Crippen molar-refractivity contribution in [3.05, 3.63) is 35.5 Å². The minimum atomic E-state index is -4.10. The number of anilines is 1. The highest BCUT2D eigenvalue weighted by molar-refractivity contribution is 7.93. The van der Waals surface area contributed by atoms with Crippen LogP contribution in [0.15, 0.2) is 35.5 Å². The van der Waals surface area contributed by atoms with Gasteiger partial charge in [-0.05, 0) is 6.07 Å². The van der Waals surface area contributed by atoms with Gasteiger partial charge in [-0.3, -0.25) is 0 Å². The molecule has 3 rings (SSSR count). The zero-order valence-corrected chi connectivity index (χ0v) is 11.9. The molecule has 0 aliphatic carbocycles. The van der Waals surface area contributed by atoms with Gasteiger partial charge < -0.3 is 5.11 Å². The van der Waals surface area contributed by atoms with Gasteiger partial charge in [-0.15, -0.1) is 11.3 Å². The van der Waals surface area contributed by atoms with Crippen LogP contribution in [0, 0.1) is 0 Å². The molecule has 0 spiro atoms. The number of H-pyrrole nitrogens is 1. The summed E-state index contributed by atoms with van der Waals surface area (Å²) in [5, 5.41) is 15.5. The number of fused-ring (bicyclic) bond motifs is 1. The summed E-state index contributed by atoms with van der Waals surface area (Å²) in [4.78, 5) is 14.5. The molecule has 3 aromatic rings. The van der Waals surface area contributed by atoms with Crippen molar-refractivity contribution in [3.8, 4) is 0 Å². The maximum absolute atomic E-state index is 12.4. The van der Waals surface area contributed by atoms with Crippen LogP contribution in [0.25, 0.3) is 10.1 Å². The molecular formula is C11H8N4O4S2. The van der Waals surface area contributed by atoms with E-state index < -0.39 is 16.0 Å². The summed E-state index contributed by atoms with van der Waals surface area (Å²) >= 11 is 0.907. The van der Waals surface area contributed by atoms with Crippen LogP contribution in [0.5, 0.6) is 0 Å². The molecule has 0 aliphatic rings. The SMILES string of the molecule is O=C(O)c1sc2ccccc2c1S(=O)(=O)Nc1ncn[nH]1. The van der Waals surface area contributed by atoms with Gasteiger partial charge in [0, 0.05) is 10.1 Å². The molecule has 0 amide bonds. The molecule has 0 radical (unpaired) electrons. The van der Waals surface area contributed by atoms with Crippen LogP contribution in [0.1, 0.15) is 9.67 Å². The predicted molar refractivity (Wildman–Crippen MR) is 76.0 cm³/mol. The number of rotatable bonds is 4. The Kier molecular flexibility index (Phi) is 3.11. The van der Waals surface area contributed by atoms with Gasteiger partial charge in [0.25, 0.3) is 10.0 Å². The average Bonchev–Trinajstić information content (AvgIpc) is 3.04. The summed E-state index contributed by atoms with van der Waals surface area (Å²) < 4.78 is 27.6. The standard InChI is InChI=1S/C11H8N4O4S2/c16-10(17)8-9(6-3-1-2-4-7(6)20-8)21(18,19)15-11-12-5-13-14-11/h1-5H,(H,16,17)(H2,12,13,14,15). The van der Waals surface area contributed by atoms with E-state index in [1.54, 1.807) is 24.3 Å². The fraction of sp³-hybridized carbons (Fsp3) is 0. The zero-order chi connectivity index (χ0) is 15.0. The number of benzene rings is 1. The van der Waals surface area contributed by atoms with Crippen molar-refractivity contribution < 1.29 is 18.3 Å². The topological polar surface area (TPSA) is 125 Å². The predicted octanol–water partition coefficient (Wildman–Crippen LogP) is 1.52. The number of aromatic carboxylic acids is 1. The highest BCUT2D eigenvalue weighted by atomic mass is 32.2. The smallest absolute Gasteiger partial charge is 0.347 e. The van der Waals surface area contributed by atoms with Crippen LogP contribution in [-0.2, 0) is 10.0 Å². The molecule has 2 heterocycles. The summed E-state index contributed by atoms with van der Waals surface area (Å²) in [6, 6.07) is 6.59. The molecule has 0 saturated carbocycles. The third kappa shape index (κ3) is 2.34. The third-order valence-electron chi connectivity index (χ3n) is 2.66. The molecule has 0 unspecified atom stereocenters. The van der Waals surface area contributed by atoms with Crippen molar-refractivity contribution in [1.29, 1.82) is 0 Å². The van der Waals surface area contributed by atoms with Crippen molar-refractivity contribution in [2.75, 3.05) is 4.72 Å². The normalized spacial score (nSPS) is 11.6. The second-order valence-corrected chi connectivity index (χ2v) is 6.67. The van der Waals surface area contributed by atoms with Gasteiger partial charge in [0.15, 0.2) is 0 Å². The van der Waals surface area contributed by atoms with Crippen molar-refractivity contribution in [2.24, 2.45) is 0 Å². The Bertz CT molecular complexity index is 915. The molecule has 2 aromatic heterocycles. The Morgan fingerprint density at radius 2 is 2.10 bits per heavy atom. The van der Waals surface area contributed by atoms with Gasteiger partial charge in [0.1, 0.15) is 16.1 Å². The summed E-state index contributed by atoms with van der Waals surface area (Å²) in [6.45, 7) is 0. The van der Waals surface area contributed by atoms with Gasteiger partial charge >= 0.3 is 5.97 Å². The fourth-order valence-electron chi connectivity index (χ4n) is 1.86. The lowest BCUT2D eigenvalue weighted by atomic mass is 10.2. The number of carboxylic acid groups (broad SMARTS) is 1. The number of hydrogen-bond donors (Lipinski definition) is 3. The van der Waals surface area contributed by atoms with Crippen molar-refractivity contribution in [2.45, 2.75) is 4.90 Å². The van der Waals surface area contributed by atoms with Crippen molar-refractivity contribution in [3.63, 3.8) is 0 Å². The van der Waals surface area contributed by atoms with Crippen LogP contribution < -0.4 is 4.72 Å². The number of hydrogen-bond acceptors (Lipinski definition) is 6. The summed E-state index contributed by atoms with van der Waals surface area (Å²) in [5.41, 5.74) is 0. The molecule has 1 aromatic carbocycles. The number of sulfonamides is 1. The number of thiophene rings is 1. The van der Waals surface area contributed by atoms with E-state index >= 15 is 0 Å². The van der Waals surface area contributed by atoms with E-state index in [-0.39, 0.29) is 15.7 Å². The first kappa shape index (κ1) is 13.5. The lowest BCUT2D eigenvalue weighted by Gasteiger charge is -2.05. The lowest BCUT2D eigenvalue weighted by molar-refractivity contribution is 0.0698. The van der Waals surface area contributed by atoms with Gasteiger partial charge in [0.2, 0.25) is 5.95 Å². The summed E-state index contributed by atoms with van der Waals surface area (Å²) in [7, 11) is -4.10. The van der Waals surface area contributed by atoms with Gasteiger partial charge in [0.05, 0.1) is 0 Å². The molecule has 0 fully saturated rings. The molecule has 8 nitrogen and oxygen atoms in total. The van der Waals surface area contributed by atoms with E-state index in [9.17, 15) is 18.3 Å². The van der Waals surface area contributed by atoms with Crippen LogP contribution in [0.3, 0.4) is 0 Å². The first-order valence-corrected chi connectivity index (χ1v) is 7.92. The highest BCUT2D eigenvalue weighted by Gasteiger charge is 2.28. The first-order chi connectivity index (χ1) is 9.99. The van der Waals surface area contributed by atoms with Crippen LogP contribution >= 0.6 is 11.3 Å². The van der Waals surface area contributed by atoms with Gasteiger partial charge in [-0.25, -0.2) is 23.0 Å². The minimum absolute atomic E-state index is 0.0818. The van der Waals surface area contributed by atoms with Crippen LogP contribution in [0.4, 0.5) is 5.95 Å². The van der Waals surface area contributed by atoms with E-state index in [0.717, 1.165) is 17.7 Å². The Hall–Kier alpha value is -2.46. The first-order valence-electron chi connectivity index (χ1n) is 5.62. The Balaban J connectivity index is 2.22. The molecule has 3 N–H and O–H groups in total. The maximum Gasteiger partial charge on any atom is 0.347 e. The van der Waals surface area contributed by atoms with E-state index in [0.29, 0.717) is 10.1 Å². The maximum atomic E-state index is 12.4. The van der Waals surface area contributed by atoms with E-state index in [1.165, 1.54) is 0 Å². The fourth-order valence-corrected chi connectivity index (χ4v) is 4.57. The number of carboxylic acids is 1. The van der Waals surface area contributed by atoms with Gasteiger partial charge in [-0.2, -0.15) is 10.1 Å². The molecule has 0 saturated heterocycles. The Morgan fingerprint density at radius 3 is 2.76 bits per heavy atom. The second kappa shape index (κ2) is 4.82. The van der Waals surface area contributed by atoms with Crippen molar-refractivity contribution >= 4 is 43.4 Å². The van der Waals surface area contributed by atoms with Crippen LogP contribution in [0.2, 0.25) is 0 Å². The Morgan fingerprint density at radius 1 is 1.33 bits per heavy atom. The van der Waals surface area contributed by atoms with Gasteiger partial charge in [-0.1, -0.05) is 18.2 Å². The number of carbonyl (C=O) groups is 1. The minimum Gasteiger partial charge on any atom is -0.477 e. The molecule has 0 bridgehead atoms. The summed E-state index contributed by atoms with van der Waals surface area (Å²) in [5.74, 6) is -1.38. The largest absolute Gasteiger partial charge is 0.477 e. The van der Waals surface area contributed by atoms with E-state index in [1.807, 2.05) is 0 Å². The second-order valence-electron chi connectivity index (χ2n) is 4.00. The third-order valence-corrected chi connectivity index (χ3v) is 5.37. The molecular weight excluding hydrogens is 316 g/mol. The monoisotopic (exact) mass is 324 g/mol. The number of aromatic nitrogens is 3. The number of aromatic amines is 1. The van der Waals surface area contributed by atoms with Crippen LogP contribution in [-0.4, -0.2) is 34.7 Å². The number of nitrogens with zero attached hydrogens (tertiary/aromatic N) is 2. The molecule has 10 heteroatoms. The van der Waals surface area contributed by atoms with Crippen molar-refractivity contribution in [1.82, 2.24) is 15.2 Å². The van der Waals surface area contributed by atoms with E-state index in [2.05, 4.69) is 19.9 Å². The molecule has 108 valence electrons. The average molecular weight is 324 g/mol.